The van der Waals surface area contributed by atoms with Crippen molar-refractivity contribution in [2.24, 2.45) is 0 Å². The van der Waals surface area contributed by atoms with Crippen LogP contribution in [0.15, 0.2) is 35.6 Å². The number of carbonyl (C=O) groups excluding carboxylic acids is 2. The van der Waals surface area contributed by atoms with Gasteiger partial charge in [0.05, 0.1) is 31.0 Å². The third-order valence-corrected chi connectivity index (χ3v) is 4.99. The Morgan fingerprint density at radius 2 is 2.00 bits per heavy atom. The third kappa shape index (κ3) is 4.46. The number of benzene rings is 1. The first kappa shape index (κ1) is 17.6. The third-order valence-electron chi connectivity index (χ3n) is 4.00. The lowest BCUT2D eigenvalue weighted by Crippen LogP contribution is -2.46. The molecule has 1 aromatic carbocycles. The molecule has 0 bridgehead atoms. The van der Waals surface area contributed by atoms with Gasteiger partial charge in [-0.1, -0.05) is 30.0 Å². The van der Waals surface area contributed by atoms with E-state index in [2.05, 4.69) is 9.97 Å². The SMILES string of the molecule is CN(CC(=O)N1CCOCC1)C(=O)CSc1ncnc2ccccc12. The molecule has 2 amide bonds. The smallest absolute Gasteiger partial charge is 0.242 e. The number of hydrogen-bond donors (Lipinski definition) is 0. The molecule has 132 valence electrons. The van der Waals surface area contributed by atoms with Gasteiger partial charge in [-0.3, -0.25) is 9.59 Å². The minimum absolute atomic E-state index is 0.0448. The van der Waals surface area contributed by atoms with Gasteiger partial charge in [-0.25, -0.2) is 9.97 Å². The van der Waals surface area contributed by atoms with E-state index < -0.39 is 0 Å². The zero-order chi connectivity index (χ0) is 17.6. The van der Waals surface area contributed by atoms with E-state index in [1.807, 2.05) is 24.3 Å². The first-order valence-corrected chi connectivity index (χ1v) is 9.06. The second kappa shape index (κ2) is 8.26. The average molecular weight is 360 g/mol. The van der Waals surface area contributed by atoms with Gasteiger partial charge in [0, 0.05) is 25.5 Å². The highest BCUT2D eigenvalue weighted by atomic mass is 32.2. The van der Waals surface area contributed by atoms with E-state index in [0.29, 0.717) is 26.3 Å². The van der Waals surface area contributed by atoms with E-state index in [9.17, 15) is 9.59 Å². The Morgan fingerprint density at radius 1 is 1.24 bits per heavy atom. The van der Waals surface area contributed by atoms with Gasteiger partial charge in [0.2, 0.25) is 11.8 Å². The Morgan fingerprint density at radius 3 is 2.80 bits per heavy atom. The predicted molar refractivity (Wildman–Crippen MR) is 95.3 cm³/mol. The maximum absolute atomic E-state index is 12.3. The lowest BCUT2D eigenvalue weighted by molar-refractivity contribution is -0.140. The van der Waals surface area contributed by atoms with Crippen LogP contribution in [0.25, 0.3) is 10.9 Å². The summed E-state index contributed by atoms with van der Waals surface area (Å²) in [5.74, 6) is 0.0828. The van der Waals surface area contributed by atoms with E-state index >= 15 is 0 Å². The van der Waals surface area contributed by atoms with Gasteiger partial charge < -0.3 is 14.5 Å². The first-order valence-electron chi connectivity index (χ1n) is 8.07. The molecule has 2 heterocycles. The van der Waals surface area contributed by atoms with Gasteiger partial charge >= 0.3 is 0 Å². The molecule has 1 aromatic heterocycles. The van der Waals surface area contributed by atoms with Gasteiger partial charge in [0.15, 0.2) is 0 Å². The molecular formula is C17H20N4O3S. The highest BCUT2D eigenvalue weighted by Crippen LogP contribution is 2.24. The number of morpholine rings is 1. The summed E-state index contributed by atoms with van der Waals surface area (Å²) in [4.78, 5) is 36.2. The van der Waals surface area contributed by atoms with Crippen LogP contribution in [0.4, 0.5) is 0 Å². The normalized spacial score (nSPS) is 14.5. The number of fused-ring (bicyclic) bond motifs is 1. The Bertz CT molecular complexity index is 759. The van der Waals surface area contributed by atoms with Gasteiger partial charge in [0.25, 0.3) is 0 Å². The fourth-order valence-corrected chi connectivity index (χ4v) is 3.47. The van der Waals surface area contributed by atoms with Crippen molar-refractivity contribution in [1.29, 1.82) is 0 Å². The monoisotopic (exact) mass is 360 g/mol. The number of thioether (sulfide) groups is 1. The first-order chi connectivity index (χ1) is 12.1. The molecule has 1 aliphatic heterocycles. The van der Waals surface area contributed by atoms with Crippen LogP contribution in [0, 0.1) is 0 Å². The van der Waals surface area contributed by atoms with E-state index in [-0.39, 0.29) is 24.1 Å². The van der Waals surface area contributed by atoms with Crippen molar-refractivity contribution < 1.29 is 14.3 Å². The Kier molecular flexibility index (Phi) is 5.83. The van der Waals surface area contributed by atoms with Crippen LogP contribution >= 0.6 is 11.8 Å². The molecule has 0 spiro atoms. The van der Waals surface area contributed by atoms with Crippen LogP contribution in [-0.2, 0) is 14.3 Å². The summed E-state index contributed by atoms with van der Waals surface area (Å²) in [6.07, 6.45) is 1.50. The molecule has 0 atom stereocenters. The van der Waals surface area contributed by atoms with Crippen LogP contribution in [0.3, 0.4) is 0 Å². The molecule has 1 fully saturated rings. The second-order valence-corrected chi connectivity index (χ2v) is 6.69. The molecule has 1 saturated heterocycles. The molecule has 0 radical (unpaired) electrons. The fourth-order valence-electron chi connectivity index (χ4n) is 2.54. The van der Waals surface area contributed by atoms with Gasteiger partial charge in [-0.15, -0.1) is 0 Å². The number of carbonyl (C=O) groups is 2. The van der Waals surface area contributed by atoms with Crippen molar-refractivity contribution in [3.63, 3.8) is 0 Å². The molecule has 7 nitrogen and oxygen atoms in total. The molecule has 0 aliphatic carbocycles. The van der Waals surface area contributed by atoms with Crippen LogP contribution in [0.5, 0.6) is 0 Å². The van der Waals surface area contributed by atoms with Crippen molar-refractivity contribution in [2.75, 3.05) is 45.6 Å². The Hall–Kier alpha value is -2.19. The minimum atomic E-state index is -0.102. The molecule has 8 heteroatoms. The maximum atomic E-state index is 12.3. The number of likely N-dealkylation sites (N-methyl/N-ethyl adjacent to an activating group) is 1. The number of aromatic nitrogens is 2. The molecule has 2 aromatic rings. The van der Waals surface area contributed by atoms with Crippen LogP contribution < -0.4 is 0 Å². The number of para-hydroxylation sites is 1. The number of rotatable bonds is 5. The average Bonchev–Trinajstić information content (AvgIpc) is 2.66. The van der Waals surface area contributed by atoms with Crippen molar-refractivity contribution >= 4 is 34.5 Å². The number of amides is 2. The van der Waals surface area contributed by atoms with Crippen molar-refractivity contribution in [3.8, 4) is 0 Å². The van der Waals surface area contributed by atoms with Crippen molar-refractivity contribution in [1.82, 2.24) is 19.8 Å². The van der Waals surface area contributed by atoms with Crippen molar-refractivity contribution in [3.05, 3.63) is 30.6 Å². The van der Waals surface area contributed by atoms with Gasteiger partial charge in [-0.2, -0.15) is 0 Å². The number of hydrogen-bond acceptors (Lipinski definition) is 6. The highest BCUT2D eigenvalue weighted by Gasteiger charge is 2.20. The predicted octanol–water partition coefficient (Wildman–Crippen LogP) is 1.04. The summed E-state index contributed by atoms with van der Waals surface area (Å²) in [6.45, 7) is 2.37. The Labute approximate surface area is 150 Å². The largest absolute Gasteiger partial charge is 0.378 e. The summed E-state index contributed by atoms with van der Waals surface area (Å²) < 4.78 is 5.24. The van der Waals surface area contributed by atoms with Crippen LogP contribution in [0.1, 0.15) is 0 Å². The fraction of sp³-hybridized carbons (Fsp3) is 0.412. The molecular weight excluding hydrogens is 340 g/mol. The summed E-state index contributed by atoms with van der Waals surface area (Å²) in [7, 11) is 1.65. The standard InChI is InChI=1S/C17H20N4O3S/c1-20(10-15(22)21-6-8-24-9-7-21)16(23)11-25-17-13-4-2-3-5-14(13)18-12-19-17/h2-5,12H,6-11H2,1H3. The molecule has 3 rings (SSSR count). The van der Waals surface area contributed by atoms with E-state index in [1.54, 1.807) is 11.9 Å². The molecule has 0 unspecified atom stereocenters. The van der Waals surface area contributed by atoms with E-state index in [0.717, 1.165) is 15.9 Å². The number of nitrogens with zero attached hydrogens (tertiary/aromatic N) is 4. The zero-order valence-corrected chi connectivity index (χ0v) is 14.9. The zero-order valence-electron chi connectivity index (χ0n) is 14.1. The molecule has 25 heavy (non-hydrogen) atoms. The lowest BCUT2D eigenvalue weighted by Gasteiger charge is -2.28. The van der Waals surface area contributed by atoms with Gasteiger partial charge in [-0.05, 0) is 6.07 Å². The van der Waals surface area contributed by atoms with E-state index in [1.165, 1.54) is 23.0 Å². The molecule has 0 saturated carbocycles. The van der Waals surface area contributed by atoms with Crippen LogP contribution in [0.2, 0.25) is 0 Å². The minimum Gasteiger partial charge on any atom is -0.378 e. The van der Waals surface area contributed by atoms with Gasteiger partial charge in [0.1, 0.15) is 11.4 Å². The number of ether oxygens (including phenoxy) is 1. The summed E-state index contributed by atoms with van der Waals surface area (Å²) >= 11 is 1.36. The summed E-state index contributed by atoms with van der Waals surface area (Å²) in [6, 6.07) is 7.69. The maximum Gasteiger partial charge on any atom is 0.242 e. The Balaban J connectivity index is 1.55. The molecule has 1 aliphatic rings. The van der Waals surface area contributed by atoms with Crippen LogP contribution in [-0.4, -0.2) is 77.2 Å². The summed E-state index contributed by atoms with van der Waals surface area (Å²) in [5, 5.41) is 1.70. The summed E-state index contributed by atoms with van der Waals surface area (Å²) in [5.41, 5.74) is 0.850. The topological polar surface area (TPSA) is 75.6 Å². The second-order valence-electron chi connectivity index (χ2n) is 5.73. The van der Waals surface area contributed by atoms with Crippen molar-refractivity contribution in [2.45, 2.75) is 5.03 Å². The molecule has 0 N–H and O–H groups in total. The van der Waals surface area contributed by atoms with E-state index in [4.69, 9.17) is 4.74 Å². The quantitative estimate of drug-likeness (QED) is 0.586. The lowest BCUT2D eigenvalue weighted by atomic mass is 10.2. The highest BCUT2D eigenvalue weighted by molar-refractivity contribution is 8.00.